The van der Waals surface area contributed by atoms with Crippen LogP contribution in [0, 0.1) is 23.1 Å². The summed E-state index contributed by atoms with van der Waals surface area (Å²) < 4.78 is 40.4. The molecule has 0 bridgehead atoms. The Labute approximate surface area is 118 Å². The molecule has 0 aliphatic carbocycles. The van der Waals surface area contributed by atoms with Gasteiger partial charge in [-0.05, 0) is 24.5 Å². The molecule has 1 aromatic carbocycles. The molecular formula is C13H18FN3O2S. The Hall–Kier alpha value is -1.49. The number of rotatable bonds is 6. The number of hydrogen-bond donors (Lipinski definition) is 2. The molecule has 3 N–H and O–H groups in total. The second-order valence-electron chi connectivity index (χ2n) is 4.91. The van der Waals surface area contributed by atoms with Gasteiger partial charge in [-0.2, -0.15) is 5.26 Å². The third-order valence-electron chi connectivity index (χ3n) is 2.74. The smallest absolute Gasteiger partial charge is 0.242 e. The Morgan fingerprint density at radius 1 is 1.45 bits per heavy atom. The second-order valence-corrected chi connectivity index (χ2v) is 6.59. The normalized spacial score (nSPS) is 13.2. The minimum Gasteiger partial charge on any atom is -0.329 e. The number of nitrogens with zero attached hydrogens (tertiary/aromatic N) is 1. The Balaban J connectivity index is 3.12. The van der Waals surface area contributed by atoms with E-state index in [1.807, 2.05) is 13.8 Å². The fraction of sp³-hybridized carbons (Fsp3) is 0.462. The second kappa shape index (κ2) is 6.79. The number of halogens is 1. The monoisotopic (exact) mass is 299 g/mol. The zero-order valence-corrected chi connectivity index (χ0v) is 12.2. The lowest BCUT2D eigenvalue weighted by Crippen LogP contribution is -2.41. The van der Waals surface area contributed by atoms with Crippen LogP contribution >= 0.6 is 0 Å². The average Bonchev–Trinajstić information content (AvgIpc) is 2.36. The lowest BCUT2D eigenvalue weighted by atomic mass is 10.1. The summed E-state index contributed by atoms with van der Waals surface area (Å²) in [6.07, 6.45) is 0.562. The van der Waals surface area contributed by atoms with Crippen LogP contribution in [-0.2, 0) is 10.0 Å². The van der Waals surface area contributed by atoms with E-state index in [0.29, 0.717) is 6.42 Å². The largest absolute Gasteiger partial charge is 0.329 e. The van der Waals surface area contributed by atoms with Crippen LogP contribution in [-0.4, -0.2) is 21.0 Å². The minimum absolute atomic E-state index is 0.134. The summed E-state index contributed by atoms with van der Waals surface area (Å²) in [6.45, 7) is 4.02. The van der Waals surface area contributed by atoms with E-state index in [9.17, 15) is 12.8 Å². The van der Waals surface area contributed by atoms with Gasteiger partial charge >= 0.3 is 0 Å². The summed E-state index contributed by atoms with van der Waals surface area (Å²) in [5.74, 6) is -0.599. The van der Waals surface area contributed by atoms with E-state index in [4.69, 9.17) is 11.0 Å². The number of hydrogen-bond acceptors (Lipinski definition) is 4. The number of benzene rings is 1. The molecule has 0 aliphatic rings. The standard InChI is InChI=1S/C13H18FN3O2S/c1-9(2)6-10(7-15)17-20(18,19)13-5-3-4-12(14)11(13)8-16/h3-5,9-10,17H,6-7,15H2,1-2H3. The first-order valence-corrected chi connectivity index (χ1v) is 7.71. The molecule has 0 saturated carbocycles. The van der Waals surface area contributed by atoms with Gasteiger partial charge in [0, 0.05) is 12.6 Å². The van der Waals surface area contributed by atoms with Crippen molar-refractivity contribution in [3.8, 4) is 6.07 Å². The lowest BCUT2D eigenvalue weighted by molar-refractivity contribution is 0.464. The van der Waals surface area contributed by atoms with Crippen LogP contribution in [0.4, 0.5) is 4.39 Å². The van der Waals surface area contributed by atoms with Crippen molar-refractivity contribution >= 4 is 10.0 Å². The van der Waals surface area contributed by atoms with Crippen LogP contribution in [0.3, 0.4) is 0 Å². The maximum Gasteiger partial charge on any atom is 0.242 e. The molecule has 110 valence electrons. The SMILES string of the molecule is CC(C)CC(CN)NS(=O)(=O)c1cccc(F)c1C#N. The molecule has 1 unspecified atom stereocenters. The predicted octanol–water partition coefficient (Wildman–Crippen LogP) is 1.35. The van der Waals surface area contributed by atoms with Gasteiger partial charge < -0.3 is 5.73 Å². The van der Waals surface area contributed by atoms with Gasteiger partial charge in [0.05, 0.1) is 0 Å². The zero-order valence-electron chi connectivity index (χ0n) is 11.4. The van der Waals surface area contributed by atoms with E-state index >= 15 is 0 Å². The van der Waals surface area contributed by atoms with Gasteiger partial charge in [-0.25, -0.2) is 17.5 Å². The van der Waals surface area contributed by atoms with Gasteiger partial charge in [-0.15, -0.1) is 0 Å². The van der Waals surface area contributed by atoms with Crippen LogP contribution < -0.4 is 10.5 Å². The van der Waals surface area contributed by atoms with Crippen molar-refractivity contribution in [1.82, 2.24) is 4.72 Å². The summed E-state index contributed by atoms with van der Waals surface area (Å²) in [6, 6.07) is 4.63. The highest BCUT2D eigenvalue weighted by Crippen LogP contribution is 2.18. The molecule has 1 aromatic rings. The number of nitrogens with two attached hydrogens (primary N) is 1. The first kappa shape index (κ1) is 16.6. The molecule has 0 aliphatic heterocycles. The quantitative estimate of drug-likeness (QED) is 0.828. The number of sulfonamides is 1. The first-order chi connectivity index (χ1) is 9.31. The molecule has 5 nitrogen and oxygen atoms in total. The van der Waals surface area contributed by atoms with Crippen molar-refractivity contribution in [2.24, 2.45) is 11.7 Å². The molecule has 0 spiro atoms. The third kappa shape index (κ3) is 4.00. The third-order valence-corrected chi connectivity index (χ3v) is 4.30. The van der Waals surface area contributed by atoms with Crippen molar-refractivity contribution in [2.75, 3.05) is 6.54 Å². The van der Waals surface area contributed by atoms with E-state index in [2.05, 4.69) is 4.72 Å². The van der Waals surface area contributed by atoms with E-state index in [0.717, 1.165) is 6.07 Å². The molecule has 0 radical (unpaired) electrons. The first-order valence-electron chi connectivity index (χ1n) is 6.22. The van der Waals surface area contributed by atoms with Crippen LogP contribution in [0.1, 0.15) is 25.8 Å². The van der Waals surface area contributed by atoms with Crippen molar-refractivity contribution in [2.45, 2.75) is 31.2 Å². The molecule has 20 heavy (non-hydrogen) atoms. The van der Waals surface area contributed by atoms with Gasteiger partial charge in [0.25, 0.3) is 0 Å². The molecule has 7 heteroatoms. The minimum atomic E-state index is -3.97. The van der Waals surface area contributed by atoms with Gasteiger partial charge in [0.15, 0.2) is 0 Å². The predicted molar refractivity (Wildman–Crippen MR) is 73.7 cm³/mol. The fourth-order valence-corrected chi connectivity index (χ4v) is 3.31. The number of nitrogens with one attached hydrogen (secondary N) is 1. The highest BCUT2D eigenvalue weighted by atomic mass is 32.2. The summed E-state index contributed by atoms with van der Waals surface area (Å²) in [4.78, 5) is -0.359. The van der Waals surface area contributed by atoms with Gasteiger partial charge in [-0.1, -0.05) is 19.9 Å². The summed E-state index contributed by atoms with van der Waals surface area (Å²) in [5, 5.41) is 8.89. The van der Waals surface area contributed by atoms with E-state index in [-0.39, 0.29) is 17.4 Å². The highest BCUT2D eigenvalue weighted by molar-refractivity contribution is 7.89. The summed E-state index contributed by atoms with van der Waals surface area (Å²) >= 11 is 0. The van der Waals surface area contributed by atoms with Crippen LogP contribution in [0.5, 0.6) is 0 Å². The maximum atomic E-state index is 13.5. The maximum absolute atomic E-state index is 13.5. The molecule has 1 rings (SSSR count). The van der Waals surface area contributed by atoms with E-state index < -0.39 is 27.4 Å². The highest BCUT2D eigenvalue weighted by Gasteiger charge is 2.24. The molecule has 0 heterocycles. The van der Waals surface area contributed by atoms with Crippen molar-refractivity contribution in [1.29, 1.82) is 5.26 Å². The number of nitriles is 1. The van der Waals surface area contributed by atoms with Crippen molar-refractivity contribution < 1.29 is 12.8 Å². The van der Waals surface area contributed by atoms with E-state index in [1.165, 1.54) is 12.1 Å². The topological polar surface area (TPSA) is 96.0 Å². The van der Waals surface area contributed by atoms with Gasteiger partial charge in [-0.3, -0.25) is 0 Å². The van der Waals surface area contributed by atoms with Crippen LogP contribution in [0.15, 0.2) is 23.1 Å². The Morgan fingerprint density at radius 3 is 2.60 bits per heavy atom. The van der Waals surface area contributed by atoms with Crippen LogP contribution in [0.25, 0.3) is 0 Å². The average molecular weight is 299 g/mol. The van der Waals surface area contributed by atoms with Gasteiger partial charge in [0.2, 0.25) is 10.0 Å². The molecule has 0 amide bonds. The van der Waals surface area contributed by atoms with Crippen LogP contribution in [0.2, 0.25) is 0 Å². The molecule has 0 saturated heterocycles. The lowest BCUT2D eigenvalue weighted by Gasteiger charge is -2.19. The van der Waals surface area contributed by atoms with Crippen molar-refractivity contribution in [3.05, 3.63) is 29.6 Å². The van der Waals surface area contributed by atoms with E-state index in [1.54, 1.807) is 6.07 Å². The zero-order chi connectivity index (χ0) is 15.3. The molecule has 0 aromatic heterocycles. The Morgan fingerprint density at radius 2 is 2.10 bits per heavy atom. The Kier molecular flexibility index (Phi) is 5.62. The molecule has 1 atom stereocenters. The summed E-state index contributed by atoms with van der Waals surface area (Å²) in [7, 11) is -3.97. The van der Waals surface area contributed by atoms with Gasteiger partial charge in [0.1, 0.15) is 22.3 Å². The summed E-state index contributed by atoms with van der Waals surface area (Å²) in [5.41, 5.74) is 5.05. The molecule has 0 fully saturated rings. The van der Waals surface area contributed by atoms with Crippen molar-refractivity contribution in [3.63, 3.8) is 0 Å². The Bertz CT molecular complexity index is 609. The molecular weight excluding hydrogens is 281 g/mol. The fourth-order valence-electron chi connectivity index (χ4n) is 1.88.